The summed E-state index contributed by atoms with van der Waals surface area (Å²) in [7, 11) is 1.36. The van der Waals surface area contributed by atoms with Crippen molar-refractivity contribution in [3.63, 3.8) is 0 Å². The van der Waals surface area contributed by atoms with Crippen LogP contribution in [0.2, 0.25) is 0 Å². The number of rotatable bonds is 9. The molecule has 2 atom stereocenters. The van der Waals surface area contributed by atoms with E-state index in [9.17, 15) is 10.0 Å². The van der Waals surface area contributed by atoms with Crippen molar-refractivity contribution >= 4 is 11.7 Å². The average molecular weight is 313 g/mol. The van der Waals surface area contributed by atoms with Gasteiger partial charge in [0, 0.05) is 36.8 Å². The Morgan fingerprint density at radius 1 is 1.50 bits per heavy atom. The van der Waals surface area contributed by atoms with Crippen LogP contribution < -0.4 is 0 Å². The molecule has 126 valence electrons. The van der Waals surface area contributed by atoms with Gasteiger partial charge in [-0.15, -0.1) is 0 Å². The van der Waals surface area contributed by atoms with Gasteiger partial charge in [0.25, 0.3) is 0 Å². The minimum Gasteiger partial charge on any atom is -0.466 e. The summed E-state index contributed by atoms with van der Waals surface area (Å²) in [4.78, 5) is 16.7. The fraction of sp³-hybridized carbons (Fsp3) is 0.750. The van der Waals surface area contributed by atoms with Gasteiger partial charge in [-0.1, -0.05) is 19.4 Å². The van der Waals surface area contributed by atoms with Crippen LogP contribution in [0.4, 0.5) is 0 Å². The third kappa shape index (κ3) is 6.47. The minimum atomic E-state index is -0.455. The summed E-state index contributed by atoms with van der Waals surface area (Å²) in [6, 6.07) is 0. The molecular formula is C16H27NO5. The molecule has 0 radical (unpaired) electrons. The fourth-order valence-electron chi connectivity index (χ4n) is 2.30. The Labute approximate surface area is 132 Å². The van der Waals surface area contributed by atoms with Gasteiger partial charge in [0.05, 0.1) is 7.11 Å². The van der Waals surface area contributed by atoms with Gasteiger partial charge in [-0.3, -0.25) is 5.21 Å². The first-order valence-electron chi connectivity index (χ1n) is 7.92. The quantitative estimate of drug-likeness (QED) is 0.283. The number of allylic oxidation sites excluding steroid dienone is 1. The zero-order chi connectivity index (χ0) is 16.4. The van der Waals surface area contributed by atoms with Crippen LogP contribution in [0.25, 0.3) is 0 Å². The molecule has 0 aromatic heterocycles. The lowest BCUT2D eigenvalue weighted by molar-refractivity contribution is -0.773. The van der Waals surface area contributed by atoms with E-state index in [-0.39, 0.29) is 11.9 Å². The van der Waals surface area contributed by atoms with Crippen LogP contribution in [0.5, 0.6) is 0 Å². The van der Waals surface area contributed by atoms with Gasteiger partial charge in [0.15, 0.2) is 6.29 Å². The first kappa shape index (κ1) is 18.5. The Bertz CT molecular complexity index is 405. The number of methoxy groups -OCH3 is 1. The van der Waals surface area contributed by atoms with E-state index < -0.39 is 6.29 Å². The Balaban J connectivity index is 2.38. The first-order chi connectivity index (χ1) is 10.6. The smallest absolute Gasteiger partial charge is 0.330 e. The second kappa shape index (κ2) is 10.2. The van der Waals surface area contributed by atoms with E-state index in [1.807, 2.05) is 0 Å². The summed E-state index contributed by atoms with van der Waals surface area (Å²) in [5, 5.41) is 11.8. The normalized spacial score (nSPS) is 22.0. The maximum Gasteiger partial charge on any atom is 0.330 e. The predicted octanol–water partition coefficient (Wildman–Crippen LogP) is 2.95. The van der Waals surface area contributed by atoms with Crippen molar-refractivity contribution in [3.05, 3.63) is 17.4 Å². The van der Waals surface area contributed by atoms with Crippen molar-refractivity contribution in [2.45, 2.75) is 58.7 Å². The van der Waals surface area contributed by atoms with E-state index in [0.29, 0.717) is 23.6 Å². The molecule has 22 heavy (non-hydrogen) atoms. The first-order valence-corrected chi connectivity index (χ1v) is 7.92. The Hall–Kier alpha value is -1.56. The molecule has 1 aliphatic heterocycles. The summed E-state index contributed by atoms with van der Waals surface area (Å²) >= 11 is 0. The van der Waals surface area contributed by atoms with Gasteiger partial charge in [-0.25, -0.2) is 4.79 Å². The Kier molecular flexibility index (Phi) is 8.58. The summed E-state index contributed by atoms with van der Waals surface area (Å²) in [6.07, 6.45) is 8.03. The maximum atomic E-state index is 11.8. The summed E-state index contributed by atoms with van der Waals surface area (Å²) in [6.45, 7) is 4.50. The molecule has 0 amide bonds. The van der Waals surface area contributed by atoms with Crippen LogP contribution in [-0.4, -0.2) is 36.6 Å². The van der Waals surface area contributed by atoms with Gasteiger partial charge in [-0.05, 0) is 25.7 Å². The predicted molar refractivity (Wildman–Crippen MR) is 83.2 cm³/mol. The topological polar surface area (TPSA) is 70.8 Å². The molecule has 0 spiro atoms. The molecule has 0 aliphatic carbocycles. The molecule has 1 rings (SSSR count). The number of nitrogens with zero attached hydrogens (tertiary/aromatic N) is 1. The van der Waals surface area contributed by atoms with Crippen molar-refractivity contribution in [3.8, 4) is 0 Å². The average Bonchev–Trinajstić information content (AvgIpc) is 2.51. The lowest BCUT2D eigenvalue weighted by Crippen LogP contribution is -2.37. The zero-order valence-electron chi connectivity index (χ0n) is 13.7. The van der Waals surface area contributed by atoms with Crippen LogP contribution in [0.15, 0.2) is 12.2 Å². The third-order valence-electron chi connectivity index (χ3n) is 3.75. The molecule has 1 heterocycles. The molecule has 0 fully saturated rings. The van der Waals surface area contributed by atoms with E-state index in [2.05, 4.69) is 11.7 Å². The zero-order valence-corrected chi connectivity index (χ0v) is 13.7. The van der Waals surface area contributed by atoms with E-state index >= 15 is 0 Å². The highest BCUT2D eigenvalue weighted by Crippen LogP contribution is 2.23. The highest BCUT2D eigenvalue weighted by molar-refractivity contribution is 5.81. The number of hydrogen-bond acceptors (Lipinski definition) is 5. The molecule has 0 aromatic rings. The fourth-order valence-corrected chi connectivity index (χ4v) is 2.30. The molecule has 6 heteroatoms. The lowest BCUT2D eigenvalue weighted by atomic mass is 9.93. The molecular weight excluding hydrogens is 286 g/mol. The van der Waals surface area contributed by atoms with Gasteiger partial charge in [0.2, 0.25) is 5.71 Å². The highest BCUT2D eigenvalue weighted by Gasteiger charge is 2.30. The van der Waals surface area contributed by atoms with Crippen LogP contribution in [0.3, 0.4) is 0 Å². The van der Waals surface area contributed by atoms with E-state index in [1.165, 1.54) is 13.2 Å². The van der Waals surface area contributed by atoms with Crippen molar-refractivity contribution in [2.75, 3.05) is 13.7 Å². The number of esters is 1. The Morgan fingerprint density at radius 3 is 2.95 bits per heavy atom. The Morgan fingerprint density at radius 2 is 2.27 bits per heavy atom. The number of carbonyl (C=O) groups is 1. The molecule has 0 N–H and O–H groups in total. The molecule has 0 saturated carbocycles. The molecule has 6 nitrogen and oxygen atoms in total. The van der Waals surface area contributed by atoms with Crippen LogP contribution in [0.1, 0.15) is 52.4 Å². The molecule has 1 aliphatic rings. The van der Waals surface area contributed by atoms with Gasteiger partial charge < -0.3 is 14.3 Å². The lowest BCUT2D eigenvalue weighted by Gasteiger charge is -2.29. The maximum absolute atomic E-state index is 11.8. The summed E-state index contributed by atoms with van der Waals surface area (Å²) in [5.41, 5.74) is 0.687. The third-order valence-corrected chi connectivity index (χ3v) is 3.75. The van der Waals surface area contributed by atoms with Gasteiger partial charge in [0.1, 0.15) is 0 Å². The van der Waals surface area contributed by atoms with E-state index in [1.54, 1.807) is 13.0 Å². The molecule has 0 saturated heterocycles. The van der Waals surface area contributed by atoms with E-state index in [4.69, 9.17) is 9.57 Å². The van der Waals surface area contributed by atoms with Gasteiger partial charge in [-0.2, -0.15) is 0 Å². The van der Waals surface area contributed by atoms with Crippen molar-refractivity contribution in [1.29, 1.82) is 0 Å². The monoisotopic (exact) mass is 313 g/mol. The second-order valence-electron chi connectivity index (χ2n) is 5.45. The van der Waals surface area contributed by atoms with Crippen LogP contribution in [0, 0.1) is 11.1 Å². The van der Waals surface area contributed by atoms with Crippen LogP contribution >= 0.6 is 0 Å². The highest BCUT2D eigenvalue weighted by atomic mass is 16.9. The van der Waals surface area contributed by atoms with Crippen molar-refractivity contribution in [1.82, 2.24) is 0 Å². The van der Waals surface area contributed by atoms with E-state index in [0.717, 1.165) is 32.1 Å². The number of hydrogen-bond donors (Lipinski definition) is 0. The molecule has 0 unspecified atom stereocenters. The number of ether oxygens (including phenoxy) is 2. The standard InChI is InChI=1S/C16H27NO5/c1-4-5-11-21-16-12-14(13(2)17(19)22-16)9-7-6-8-10-15(18)20-3/h8,10,14,16H,4-7,9,11-12H2,1-3H3/b10-8-/t14-,16-/m1/s1. The summed E-state index contributed by atoms with van der Waals surface area (Å²) < 4.78 is 10.1. The van der Waals surface area contributed by atoms with Gasteiger partial charge >= 0.3 is 5.97 Å². The minimum absolute atomic E-state index is 0.157. The second-order valence-corrected chi connectivity index (χ2v) is 5.45. The SMILES string of the molecule is CCCCO[C@H]1C[C@@H](CCC/C=C\C(=O)OC)C(C)=[N+]([O-])O1. The largest absolute Gasteiger partial charge is 0.466 e. The molecule has 0 bridgehead atoms. The van der Waals surface area contributed by atoms with Crippen LogP contribution in [-0.2, 0) is 19.1 Å². The number of carbonyl (C=O) groups excluding carboxylic acids is 1. The summed E-state index contributed by atoms with van der Waals surface area (Å²) in [5.74, 6) is -0.187. The number of unbranched alkanes of at least 4 members (excludes halogenated alkanes) is 2. The van der Waals surface area contributed by atoms with Crippen molar-refractivity contribution in [2.24, 2.45) is 5.92 Å². The van der Waals surface area contributed by atoms with Crippen molar-refractivity contribution < 1.29 is 24.0 Å². The molecule has 0 aromatic carbocycles.